The van der Waals surface area contributed by atoms with E-state index < -0.39 is 0 Å². The van der Waals surface area contributed by atoms with Gasteiger partial charge in [0.2, 0.25) is 5.88 Å². The van der Waals surface area contributed by atoms with Crippen LogP contribution in [0, 0.1) is 0 Å². The topological polar surface area (TPSA) is 34.1 Å². The number of aromatic nitrogens is 1. The third-order valence-corrected chi connectivity index (χ3v) is 3.74. The van der Waals surface area contributed by atoms with Crippen molar-refractivity contribution in [2.45, 2.75) is 25.8 Å². The Bertz CT molecular complexity index is 327. The number of thioether (sulfide) groups is 1. The zero-order chi connectivity index (χ0) is 11.2. The van der Waals surface area contributed by atoms with Gasteiger partial charge in [0.1, 0.15) is 5.82 Å². The zero-order valence-electron chi connectivity index (χ0n) is 9.61. The van der Waals surface area contributed by atoms with Crippen LogP contribution in [0.2, 0.25) is 0 Å². The lowest BCUT2D eigenvalue weighted by molar-refractivity contribution is 0.327. The maximum atomic E-state index is 5.38. The summed E-state index contributed by atoms with van der Waals surface area (Å²) in [5, 5.41) is 3.47. The number of hydrogen-bond acceptors (Lipinski definition) is 4. The van der Waals surface area contributed by atoms with Crippen LogP contribution in [0.25, 0.3) is 0 Å². The third-order valence-electron chi connectivity index (χ3n) is 2.53. The first-order valence-electron chi connectivity index (χ1n) is 5.82. The van der Waals surface area contributed by atoms with Crippen LogP contribution in [-0.4, -0.2) is 29.1 Å². The SMILES string of the molecule is CCOc1cccc(NC2CCCSC2)n1. The first kappa shape index (κ1) is 11.6. The Morgan fingerprint density at radius 2 is 2.50 bits per heavy atom. The number of nitrogens with one attached hydrogen (secondary N) is 1. The molecule has 0 aromatic carbocycles. The molecular formula is C12H18N2OS. The molecule has 0 aliphatic carbocycles. The van der Waals surface area contributed by atoms with Crippen molar-refractivity contribution in [2.24, 2.45) is 0 Å². The lowest BCUT2D eigenvalue weighted by Gasteiger charge is -2.23. The molecule has 0 saturated carbocycles. The second-order valence-electron chi connectivity index (χ2n) is 3.85. The van der Waals surface area contributed by atoms with Crippen LogP contribution in [0.1, 0.15) is 19.8 Å². The molecule has 3 nitrogen and oxygen atoms in total. The molecule has 1 atom stereocenters. The summed E-state index contributed by atoms with van der Waals surface area (Å²) >= 11 is 2.02. The van der Waals surface area contributed by atoms with Crippen LogP contribution in [0.5, 0.6) is 5.88 Å². The molecule has 1 N–H and O–H groups in total. The molecule has 1 saturated heterocycles. The fourth-order valence-electron chi connectivity index (χ4n) is 1.79. The van der Waals surface area contributed by atoms with Crippen molar-refractivity contribution in [3.8, 4) is 5.88 Å². The fraction of sp³-hybridized carbons (Fsp3) is 0.583. The van der Waals surface area contributed by atoms with Gasteiger partial charge in [0.25, 0.3) is 0 Å². The van der Waals surface area contributed by atoms with Crippen LogP contribution >= 0.6 is 11.8 Å². The van der Waals surface area contributed by atoms with Crippen molar-refractivity contribution < 1.29 is 4.74 Å². The summed E-state index contributed by atoms with van der Waals surface area (Å²) < 4.78 is 5.38. The number of ether oxygens (including phenoxy) is 1. The average Bonchev–Trinajstić information content (AvgIpc) is 2.31. The van der Waals surface area contributed by atoms with Crippen molar-refractivity contribution in [1.82, 2.24) is 4.98 Å². The third kappa shape index (κ3) is 3.30. The van der Waals surface area contributed by atoms with Gasteiger partial charge in [-0.2, -0.15) is 16.7 Å². The predicted molar refractivity (Wildman–Crippen MR) is 69.4 cm³/mol. The summed E-state index contributed by atoms with van der Waals surface area (Å²) in [6, 6.07) is 6.44. The lowest BCUT2D eigenvalue weighted by atomic mass is 10.2. The molecule has 1 aromatic rings. The molecule has 1 aromatic heterocycles. The Kier molecular flexibility index (Phi) is 4.34. The second kappa shape index (κ2) is 5.99. The summed E-state index contributed by atoms with van der Waals surface area (Å²) in [5.74, 6) is 4.11. The molecule has 16 heavy (non-hydrogen) atoms. The van der Waals surface area contributed by atoms with E-state index in [0.29, 0.717) is 18.5 Å². The minimum atomic E-state index is 0.558. The van der Waals surface area contributed by atoms with Gasteiger partial charge in [-0.3, -0.25) is 0 Å². The minimum absolute atomic E-state index is 0.558. The van der Waals surface area contributed by atoms with E-state index in [1.807, 2.05) is 36.9 Å². The van der Waals surface area contributed by atoms with Crippen molar-refractivity contribution in [3.05, 3.63) is 18.2 Å². The van der Waals surface area contributed by atoms with E-state index in [2.05, 4.69) is 10.3 Å². The minimum Gasteiger partial charge on any atom is -0.478 e. The van der Waals surface area contributed by atoms with Crippen molar-refractivity contribution in [2.75, 3.05) is 23.4 Å². The van der Waals surface area contributed by atoms with Gasteiger partial charge in [0.15, 0.2) is 0 Å². The number of rotatable bonds is 4. The Morgan fingerprint density at radius 3 is 3.25 bits per heavy atom. The highest BCUT2D eigenvalue weighted by molar-refractivity contribution is 7.99. The van der Waals surface area contributed by atoms with Gasteiger partial charge in [0.05, 0.1) is 6.61 Å². The fourth-order valence-corrected chi connectivity index (χ4v) is 2.86. The number of pyridine rings is 1. The normalized spacial score (nSPS) is 20.4. The molecule has 4 heteroatoms. The molecule has 0 amide bonds. The quantitative estimate of drug-likeness (QED) is 0.874. The summed E-state index contributed by atoms with van der Waals surface area (Å²) in [6.07, 6.45) is 2.54. The van der Waals surface area contributed by atoms with E-state index in [0.717, 1.165) is 5.82 Å². The van der Waals surface area contributed by atoms with E-state index in [1.165, 1.54) is 24.3 Å². The van der Waals surface area contributed by atoms with E-state index in [4.69, 9.17) is 4.74 Å². The molecule has 0 bridgehead atoms. The van der Waals surface area contributed by atoms with Crippen molar-refractivity contribution >= 4 is 17.6 Å². The zero-order valence-corrected chi connectivity index (χ0v) is 10.4. The van der Waals surface area contributed by atoms with Crippen LogP contribution in [-0.2, 0) is 0 Å². The first-order valence-corrected chi connectivity index (χ1v) is 6.98. The van der Waals surface area contributed by atoms with Gasteiger partial charge in [0, 0.05) is 17.9 Å². The summed E-state index contributed by atoms with van der Waals surface area (Å²) in [4.78, 5) is 4.41. The van der Waals surface area contributed by atoms with Gasteiger partial charge in [-0.25, -0.2) is 0 Å². The van der Waals surface area contributed by atoms with Crippen molar-refractivity contribution in [1.29, 1.82) is 0 Å². The monoisotopic (exact) mass is 238 g/mol. The summed E-state index contributed by atoms with van der Waals surface area (Å²) in [5.41, 5.74) is 0. The molecule has 1 unspecified atom stereocenters. The molecule has 0 radical (unpaired) electrons. The van der Waals surface area contributed by atoms with E-state index in [-0.39, 0.29) is 0 Å². The Labute approximate surface area is 101 Å². The average molecular weight is 238 g/mol. The standard InChI is InChI=1S/C12H18N2OS/c1-2-15-12-7-3-6-11(14-12)13-10-5-4-8-16-9-10/h3,6-7,10H,2,4-5,8-9H2,1H3,(H,13,14). The first-order chi connectivity index (χ1) is 7.88. The van der Waals surface area contributed by atoms with Crippen LogP contribution in [0.3, 0.4) is 0 Å². The highest BCUT2D eigenvalue weighted by Gasteiger charge is 2.13. The van der Waals surface area contributed by atoms with E-state index >= 15 is 0 Å². The van der Waals surface area contributed by atoms with E-state index in [1.54, 1.807) is 0 Å². The maximum Gasteiger partial charge on any atom is 0.215 e. The van der Waals surface area contributed by atoms with Crippen LogP contribution < -0.4 is 10.1 Å². The van der Waals surface area contributed by atoms with E-state index in [9.17, 15) is 0 Å². The van der Waals surface area contributed by atoms with Gasteiger partial charge in [-0.1, -0.05) is 6.07 Å². The molecule has 2 heterocycles. The molecule has 1 aliphatic rings. The summed E-state index contributed by atoms with van der Waals surface area (Å²) in [6.45, 7) is 2.63. The van der Waals surface area contributed by atoms with Gasteiger partial charge in [-0.05, 0) is 31.6 Å². The summed E-state index contributed by atoms with van der Waals surface area (Å²) in [7, 11) is 0. The second-order valence-corrected chi connectivity index (χ2v) is 5.00. The van der Waals surface area contributed by atoms with Crippen LogP contribution in [0.4, 0.5) is 5.82 Å². The maximum absolute atomic E-state index is 5.38. The molecule has 0 spiro atoms. The number of nitrogens with zero attached hydrogens (tertiary/aromatic N) is 1. The highest BCUT2D eigenvalue weighted by Crippen LogP contribution is 2.21. The van der Waals surface area contributed by atoms with Crippen molar-refractivity contribution in [3.63, 3.8) is 0 Å². The van der Waals surface area contributed by atoms with Gasteiger partial charge < -0.3 is 10.1 Å². The molecule has 2 rings (SSSR count). The predicted octanol–water partition coefficient (Wildman–Crippen LogP) is 2.79. The Balaban J connectivity index is 1.94. The number of anilines is 1. The van der Waals surface area contributed by atoms with Gasteiger partial charge in [-0.15, -0.1) is 0 Å². The smallest absolute Gasteiger partial charge is 0.215 e. The molecule has 1 aliphatic heterocycles. The molecule has 88 valence electrons. The largest absolute Gasteiger partial charge is 0.478 e. The van der Waals surface area contributed by atoms with Gasteiger partial charge >= 0.3 is 0 Å². The Hall–Kier alpha value is -0.900. The molecular weight excluding hydrogens is 220 g/mol. The highest BCUT2D eigenvalue weighted by atomic mass is 32.2. The molecule has 1 fully saturated rings. The number of hydrogen-bond donors (Lipinski definition) is 1. The Morgan fingerprint density at radius 1 is 1.56 bits per heavy atom. The van der Waals surface area contributed by atoms with Crippen LogP contribution in [0.15, 0.2) is 18.2 Å². The lowest BCUT2D eigenvalue weighted by Crippen LogP contribution is -2.26.